The molecule has 2 fully saturated rings. The van der Waals surface area contributed by atoms with Crippen molar-refractivity contribution in [2.24, 2.45) is 0 Å². The predicted octanol–water partition coefficient (Wildman–Crippen LogP) is 4.40. The third-order valence-electron chi connectivity index (χ3n) is 6.04. The summed E-state index contributed by atoms with van der Waals surface area (Å²) in [5.74, 6) is -0.0552. The molecule has 0 aromatic heterocycles. The van der Waals surface area contributed by atoms with Crippen molar-refractivity contribution in [2.45, 2.75) is 43.7 Å². The smallest absolute Gasteiger partial charge is 0.253 e. The van der Waals surface area contributed by atoms with E-state index in [4.69, 9.17) is 11.6 Å². The number of carbonyl (C=O) groups excluding carboxylic acids is 1. The Hall–Kier alpha value is -1.91. The van der Waals surface area contributed by atoms with Gasteiger partial charge in [-0.3, -0.25) is 4.79 Å². The molecule has 1 N–H and O–H groups in total. The minimum absolute atomic E-state index is 0.0627. The number of rotatable bonds is 4. The van der Waals surface area contributed by atoms with Crippen LogP contribution in [0.25, 0.3) is 0 Å². The molecule has 1 saturated heterocycles. The van der Waals surface area contributed by atoms with Crippen LogP contribution in [0.1, 0.15) is 42.1 Å². The van der Waals surface area contributed by atoms with Crippen molar-refractivity contribution in [1.29, 1.82) is 0 Å². The molecule has 2 aliphatic rings. The topological polar surface area (TPSA) is 32.3 Å². The van der Waals surface area contributed by atoms with Crippen LogP contribution in [0.4, 0.5) is 4.39 Å². The van der Waals surface area contributed by atoms with Crippen LogP contribution in [0, 0.1) is 5.82 Å². The summed E-state index contributed by atoms with van der Waals surface area (Å²) in [7, 11) is 0. The van der Waals surface area contributed by atoms with Gasteiger partial charge >= 0.3 is 0 Å². The molecule has 3 nitrogen and oxygen atoms in total. The van der Waals surface area contributed by atoms with Crippen LogP contribution in [0.15, 0.2) is 48.5 Å². The molecule has 1 saturated carbocycles. The van der Waals surface area contributed by atoms with E-state index in [1.165, 1.54) is 6.07 Å². The van der Waals surface area contributed by atoms with E-state index in [9.17, 15) is 9.18 Å². The monoisotopic (exact) mass is 386 g/mol. The third-order valence-corrected chi connectivity index (χ3v) is 6.29. The van der Waals surface area contributed by atoms with E-state index in [0.717, 1.165) is 37.9 Å². The number of benzene rings is 2. The highest BCUT2D eigenvalue weighted by Crippen LogP contribution is 2.49. The van der Waals surface area contributed by atoms with Crippen LogP contribution in [-0.2, 0) is 5.41 Å². The fourth-order valence-corrected chi connectivity index (χ4v) is 4.26. The maximum absolute atomic E-state index is 14.1. The van der Waals surface area contributed by atoms with E-state index in [1.807, 2.05) is 17.0 Å². The van der Waals surface area contributed by atoms with Crippen LogP contribution in [0.3, 0.4) is 0 Å². The lowest BCUT2D eigenvalue weighted by Gasteiger charge is -2.33. The molecule has 1 aliphatic carbocycles. The third kappa shape index (κ3) is 3.74. The van der Waals surface area contributed by atoms with Gasteiger partial charge in [0.25, 0.3) is 5.91 Å². The van der Waals surface area contributed by atoms with E-state index in [0.29, 0.717) is 22.7 Å². The second kappa shape index (κ2) is 7.25. The van der Waals surface area contributed by atoms with Gasteiger partial charge in [0.05, 0.1) is 0 Å². The van der Waals surface area contributed by atoms with Crippen molar-refractivity contribution in [3.05, 3.63) is 70.5 Å². The lowest BCUT2D eigenvalue weighted by Crippen LogP contribution is -2.46. The molecule has 27 heavy (non-hydrogen) atoms. The maximum Gasteiger partial charge on any atom is 0.253 e. The lowest BCUT2D eigenvalue weighted by atomic mass is 9.96. The summed E-state index contributed by atoms with van der Waals surface area (Å²) >= 11 is 5.90. The fraction of sp³-hybridized carbons (Fsp3) is 0.409. The molecule has 5 heteroatoms. The molecular weight excluding hydrogens is 363 g/mol. The number of amides is 1. The Labute approximate surface area is 164 Å². The second-order valence-corrected chi connectivity index (χ2v) is 8.33. The lowest BCUT2D eigenvalue weighted by molar-refractivity contribution is 0.0704. The predicted molar refractivity (Wildman–Crippen MR) is 106 cm³/mol. The highest BCUT2D eigenvalue weighted by molar-refractivity contribution is 6.30. The van der Waals surface area contributed by atoms with Crippen LogP contribution in [0.5, 0.6) is 0 Å². The van der Waals surface area contributed by atoms with Crippen molar-refractivity contribution in [3.8, 4) is 0 Å². The van der Waals surface area contributed by atoms with Gasteiger partial charge in [0.15, 0.2) is 0 Å². The van der Waals surface area contributed by atoms with Crippen LogP contribution in [0.2, 0.25) is 5.02 Å². The molecule has 0 spiro atoms. The average Bonchev–Trinajstić information content (AvgIpc) is 3.33. The number of piperidine rings is 1. The number of halogens is 2. The molecule has 2 atom stereocenters. The Morgan fingerprint density at radius 2 is 1.81 bits per heavy atom. The van der Waals surface area contributed by atoms with Crippen LogP contribution < -0.4 is 5.32 Å². The number of nitrogens with zero attached hydrogens (tertiary/aromatic N) is 1. The summed E-state index contributed by atoms with van der Waals surface area (Å²) in [5, 5.41) is 4.33. The SMILES string of the molecule is C[C@@]1(c2ccccc2F)C[C@H]1NC1CCN(C(=O)c2ccc(Cl)cc2)CC1. The van der Waals surface area contributed by atoms with Crippen molar-refractivity contribution in [2.75, 3.05) is 13.1 Å². The summed E-state index contributed by atoms with van der Waals surface area (Å²) in [6, 6.07) is 14.8. The number of likely N-dealkylation sites (tertiary alicyclic amines) is 1. The second-order valence-electron chi connectivity index (χ2n) is 7.89. The van der Waals surface area contributed by atoms with Crippen molar-refractivity contribution in [3.63, 3.8) is 0 Å². The molecular formula is C22H24ClFN2O. The zero-order chi connectivity index (χ0) is 19.0. The first kappa shape index (κ1) is 18.5. The Morgan fingerprint density at radius 3 is 2.48 bits per heavy atom. The molecule has 4 rings (SSSR count). The van der Waals surface area contributed by atoms with Gasteiger partial charge in [-0.2, -0.15) is 0 Å². The van der Waals surface area contributed by atoms with Gasteiger partial charge in [-0.1, -0.05) is 36.7 Å². The molecule has 142 valence electrons. The summed E-state index contributed by atoms with van der Waals surface area (Å²) in [6.07, 6.45) is 2.80. The van der Waals surface area contributed by atoms with Gasteiger partial charge in [0.2, 0.25) is 0 Å². The van der Waals surface area contributed by atoms with E-state index in [-0.39, 0.29) is 17.1 Å². The van der Waals surface area contributed by atoms with Gasteiger partial charge in [0.1, 0.15) is 5.82 Å². The van der Waals surface area contributed by atoms with Gasteiger partial charge in [0, 0.05) is 41.2 Å². The summed E-state index contributed by atoms with van der Waals surface area (Å²) in [4.78, 5) is 14.5. The number of hydrogen-bond donors (Lipinski definition) is 1. The largest absolute Gasteiger partial charge is 0.339 e. The Bertz CT molecular complexity index is 832. The van der Waals surface area contributed by atoms with E-state index < -0.39 is 0 Å². The molecule has 2 aromatic rings. The van der Waals surface area contributed by atoms with E-state index in [1.54, 1.807) is 30.3 Å². The van der Waals surface area contributed by atoms with Crippen molar-refractivity contribution >= 4 is 17.5 Å². The molecule has 1 amide bonds. The first-order chi connectivity index (χ1) is 13.0. The molecule has 2 aromatic carbocycles. The highest BCUT2D eigenvalue weighted by atomic mass is 35.5. The van der Waals surface area contributed by atoms with Crippen molar-refractivity contribution in [1.82, 2.24) is 10.2 Å². The molecule has 1 heterocycles. The first-order valence-corrected chi connectivity index (χ1v) is 9.91. The standard InChI is InChI=1S/C22H24ClFN2O/c1-22(18-4-2-3-5-19(18)24)14-20(22)25-17-10-12-26(13-11-17)21(27)15-6-8-16(23)9-7-15/h2-9,17,20,25H,10-14H2,1H3/t20-,22+/m1/s1. The Morgan fingerprint density at radius 1 is 1.15 bits per heavy atom. The molecule has 0 radical (unpaired) electrons. The van der Waals surface area contributed by atoms with Gasteiger partial charge in [-0.05, 0) is 55.2 Å². The molecule has 1 aliphatic heterocycles. The Balaban J connectivity index is 1.31. The Kier molecular flexibility index (Phi) is 4.95. The highest BCUT2D eigenvalue weighted by Gasteiger charge is 2.53. The van der Waals surface area contributed by atoms with Gasteiger partial charge in [-0.25, -0.2) is 4.39 Å². The zero-order valence-electron chi connectivity index (χ0n) is 15.4. The van der Waals surface area contributed by atoms with Crippen LogP contribution in [-0.4, -0.2) is 36.0 Å². The summed E-state index contributed by atoms with van der Waals surface area (Å²) < 4.78 is 14.1. The summed E-state index contributed by atoms with van der Waals surface area (Å²) in [6.45, 7) is 3.60. The number of hydrogen-bond acceptors (Lipinski definition) is 2. The minimum atomic E-state index is -0.123. The van der Waals surface area contributed by atoms with E-state index >= 15 is 0 Å². The minimum Gasteiger partial charge on any atom is -0.339 e. The fourth-order valence-electron chi connectivity index (χ4n) is 4.14. The molecule has 0 bridgehead atoms. The average molecular weight is 387 g/mol. The van der Waals surface area contributed by atoms with Gasteiger partial charge in [-0.15, -0.1) is 0 Å². The van der Waals surface area contributed by atoms with Crippen LogP contribution >= 0.6 is 11.6 Å². The summed E-state index contributed by atoms with van der Waals surface area (Å²) in [5.41, 5.74) is 1.36. The maximum atomic E-state index is 14.1. The normalized spacial score (nSPS) is 25.4. The number of carbonyl (C=O) groups is 1. The zero-order valence-corrected chi connectivity index (χ0v) is 16.2. The quantitative estimate of drug-likeness (QED) is 0.844. The van der Waals surface area contributed by atoms with E-state index in [2.05, 4.69) is 12.2 Å². The van der Waals surface area contributed by atoms with Crippen molar-refractivity contribution < 1.29 is 9.18 Å². The number of nitrogens with one attached hydrogen (secondary N) is 1. The van der Waals surface area contributed by atoms with Gasteiger partial charge < -0.3 is 10.2 Å². The molecule has 0 unspecified atom stereocenters. The first-order valence-electron chi connectivity index (χ1n) is 9.53.